The average Bonchev–Trinajstić information content (AvgIpc) is 2.47. The Labute approximate surface area is 108 Å². The second-order valence-electron chi connectivity index (χ2n) is 4.67. The molecule has 0 spiro atoms. The normalized spacial score (nSPS) is 12.1. The fraction of sp³-hybridized carbons (Fsp3) is 0.235. The molecule has 0 aliphatic heterocycles. The Morgan fingerprint density at radius 1 is 0.944 bits per heavy atom. The lowest BCUT2D eigenvalue weighted by Gasteiger charge is -2.10. The summed E-state index contributed by atoms with van der Waals surface area (Å²) in [6.45, 7) is 4.45. The van der Waals surface area contributed by atoms with E-state index >= 15 is 0 Å². The van der Waals surface area contributed by atoms with E-state index in [0.717, 1.165) is 23.8 Å². The maximum atomic E-state index is 10.6. The molecule has 0 N–H and O–H groups in total. The third-order valence-electron chi connectivity index (χ3n) is 3.47. The Balaban J connectivity index is 2.25. The molecule has 1 atom stereocenters. The van der Waals surface area contributed by atoms with Crippen molar-refractivity contribution < 1.29 is 4.79 Å². The van der Waals surface area contributed by atoms with Crippen molar-refractivity contribution in [1.82, 2.24) is 0 Å². The molecule has 0 bridgehead atoms. The lowest BCUT2D eigenvalue weighted by molar-refractivity contribution is 0.112. The summed E-state index contributed by atoms with van der Waals surface area (Å²) in [5.74, 6) is 0.608. The van der Waals surface area contributed by atoms with Gasteiger partial charge < -0.3 is 0 Å². The van der Waals surface area contributed by atoms with Crippen LogP contribution in [0.4, 0.5) is 0 Å². The molecule has 0 radical (unpaired) electrons. The fourth-order valence-corrected chi connectivity index (χ4v) is 1.99. The molecule has 0 aliphatic carbocycles. The van der Waals surface area contributed by atoms with Gasteiger partial charge in [-0.05, 0) is 29.0 Å². The number of hydrogen-bond donors (Lipinski definition) is 0. The zero-order valence-corrected chi connectivity index (χ0v) is 10.9. The maximum absolute atomic E-state index is 10.6. The first-order chi connectivity index (χ1) is 8.74. The average molecular weight is 238 g/mol. The number of carbonyl (C=O) groups is 1. The molecule has 1 nitrogen and oxygen atoms in total. The highest BCUT2D eigenvalue weighted by Gasteiger charge is 2.03. The van der Waals surface area contributed by atoms with Gasteiger partial charge in [0.15, 0.2) is 0 Å². The summed E-state index contributed by atoms with van der Waals surface area (Å²) in [4.78, 5) is 10.6. The first kappa shape index (κ1) is 12.6. The van der Waals surface area contributed by atoms with Crippen LogP contribution in [-0.2, 0) is 0 Å². The minimum Gasteiger partial charge on any atom is -0.298 e. The Morgan fingerprint density at radius 3 is 1.89 bits per heavy atom. The highest BCUT2D eigenvalue weighted by Crippen LogP contribution is 2.24. The summed E-state index contributed by atoms with van der Waals surface area (Å²) >= 11 is 0. The Bertz CT molecular complexity index is 508. The summed E-state index contributed by atoms with van der Waals surface area (Å²) in [7, 11) is 0. The SMILES string of the molecule is CCC(C)c1ccc(-c2ccc(C=O)cc2)cc1. The molecule has 2 rings (SSSR count). The zero-order valence-electron chi connectivity index (χ0n) is 10.9. The van der Waals surface area contributed by atoms with E-state index in [1.165, 1.54) is 11.1 Å². The second-order valence-corrected chi connectivity index (χ2v) is 4.67. The minimum atomic E-state index is 0.608. The van der Waals surface area contributed by atoms with Crippen molar-refractivity contribution >= 4 is 6.29 Å². The van der Waals surface area contributed by atoms with Crippen LogP contribution in [0, 0.1) is 0 Å². The van der Waals surface area contributed by atoms with Gasteiger partial charge in [0.1, 0.15) is 6.29 Å². The fourth-order valence-electron chi connectivity index (χ4n) is 1.99. The first-order valence-corrected chi connectivity index (χ1v) is 6.40. The van der Waals surface area contributed by atoms with Crippen LogP contribution < -0.4 is 0 Å². The number of rotatable bonds is 4. The predicted molar refractivity (Wildman–Crippen MR) is 76.0 cm³/mol. The predicted octanol–water partition coefficient (Wildman–Crippen LogP) is 4.68. The molecule has 0 aromatic heterocycles. The first-order valence-electron chi connectivity index (χ1n) is 6.40. The van der Waals surface area contributed by atoms with Gasteiger partial charge in [-0.3, -0.25) is 4.79 Å². The van der Waals surface area contributed by atoms with Crippen LogP contribution in [0.25, 0.3) is 11.1 Å². The highest BCUT2D eigenvalue weighted by atomic mass is 16.1. The maximum Gasteiger partial charge on any atom is 0.150 e. The minimum absolute atomic E-state index is 0.608. The van der Waals surface area contributed by atoms with E-state index in [0.29, 0.717) is 5.92 Å². The van der Waals surface area contributed by atoms with Crippen molar-refractivity contribution in [2.75, 3.05) is 0 Å². The number of hydrogen-bond acceptors (Lipinski definition) is 1. The van der Waals surface area contributed by atoms with Crippen LogP contribution >= 0.6 is 0 Å². The smallest absolute Gasteiger partial charge is 0.150 e. The van der Waals surface area contributed by atoms with Crippen molar-refractivity contribution in [2.24, 2.45) is 0 Å². The van der Waals surface area contributed by atoms with Gasteiger partial charge in [0, 0.05) is 5.56 Å². The molecular weight excluding hydrogens is 220 g/mol. The Morgan fingerprint density at radius 2 is 1.44 bits per heavy atom. The largest absolute Gasteiger partial charge is 0.298 e. The molecule has 1 unspecified atom stereocenters. The molecule has 2 aromatic rings. The van der Waals surface area contributed by atoms with E-state index in [9.17, 15) is 4.79 Å². The molecule has 0 aliphatic rings. The molecule has 2 aromatic carbocycles. The summed E-state index contributed by atoms with van der Waals surface area (Å²) in [6.07, 6.45) is 2.03. The molecule has 0 fully saturated rings. The van der Waals surface area contributed by atoms with Crippen LogP contribution in [0.5, 0.6) is 0 Å². The Hall–Kier alpha value is -1.89. The van der Waals surface area contributed by atoms with Gasteiger partial charge in [-0.25, -0.2) is 0 Å². The van der Waals surface area contributed by atoms with Crippen LogP contribution in [0.1, 0.15) is 42.1 Å². The van der Waals surface area contributed by atoms with Crippen molar-refractivity contribution in [3.63, 3.8) is 0 Å². The van der Waals surface area contributed by atoms with Crippen LogP contribution in [-0.4, -0.2) is 6.29 Å². The molecule has 0 heterocycles. The van der Waals surface area contributed by atoms with E-state index in [4.69, 9.17) is 0 Å². The highest BCUT2D eigenvalue weighted by molar-refractivity contribution is 5.76. The molecular formula is C17H18O. The molecule has 0 saturated carbocycles. The van der Waals surface area contributed by atoms with Crippen molar-refractivity contribution in [3.8, 4) is 11.1 Å². The van der Waals surface area contributed by atoms with Crippen molar-refractivity contribution in [3.05, 3.63) is 59.7 Å². The molecule has 92 valence electrons. The van der Waals surface area contributed by atoms with Gasteiger partial charge in [0.05, 0.1) is 0 Å². The number of benzene rings is 2. The van der Waals surface area contributed by atoms with Crippen LogP contribution in [0.2, 0.25) is 0 Å². The molecule has 18 heavy (non-hydrogen) atoms. The van der Waals surface area contributed by atoms with Gasteiger partial charge in [-0.2, -0.15) is 0 Å². The van der Waals surface area contributed by atoms with Gasteiger partial charge in [-0.15, -0.1) is 0 Å². The zero-order chi connectivity index (χ0) is 13.0. The van der Waals surface area contributed by atoms with Gasteiger partial charge in [0.25, 0.3) is 0 Å². The van der Waals surface area contributed by atoms with E-state index in [-0.39, 0.29) is 0 Å². The third kappa shape index (κ3) is 2.67. The number of carbonyl (C=O) groups excluding carboxylic acids is 1. The lowest BCUT2D eigenvalue weighted by atomic mass is 9.96. The van der Waals surface area contributed by atoms with Gasteiger partial charge >= 0.3 is 0 Å². The van der Waals surface area contributed by atoms with Gasteiger partial charge in [-0.1, -0.05) is 62.4 Å². The summed E-state index contributed by atoms with van der Waals surface area (Å²) < 4.78 is 0. The summed E-state index contributed by atoms with van der Waals surface area (Å²) in [5, 5.41) is 0. The van der Waals surface area contributed by atoms with Crippen LogP contribution in [0.15, 0.2) is 48.5 Å². The Kier molecular flexibility index (Phi) is 3.93. The van der Waals surface area contributed by atoms with Crippen LogP contribution in [0.3, 0.4) is 0 Å². The standard InChI is InChI=1S/C17H18O/c1-3-13(2)15-8-10-17(11-9-15)16-6-4-14(12-18)5-7-16/h4-13H,3H2,1-2H3. The molecule has 0 saturated heterocycles. The number of aldehydes is 1. The molecule has 1 heteroatoms. The van der Waals surface area contributed by atoms with E-state index < -0.39 is 0 Å². The summed E-state index contributed by atoms with van der Waals surface area (Å²) in [5.41, 5.74) is 4.44. The second kappa shape index (κ2) is 5.63. The quantitative estimate of drug-likeness (QED) is 0.707. The monoisotopic (exact) mass is 238 g/mol. The topological polar surface area (TPSA) is 17.1 Å². The lowest BCUT2D eigenvalue weighted by Crippen LogP contribution is -1.90. The van der Waals surface area contributed by atoms with Gasteiger partial charge in [0.2, 0.25) is 0 Å². The van der Waals surface area contributed by atoms with Crippen molar-refractivity contribution in [2.45, 2.75) is 26.2 Å². The third-order valence-corrected chi connectivity index (χ3v) is 3.47. The van der Waals surface area contributed by atoms with E-state index in [2.05, 4.69) is 38.1 Å². The van der Waals surface area contributed by atoms with E-state index in [1.54, 1.807) is 0 Å². The van der Waals surface area contributed by atoms with E-state index in [1.807, 2.05) is 24.3 Å². The summed E-state index contributed by atoms with van der Waals surface area (Å²) in [6, 6.07) is 16.4. The molecule has 0 amide bonds. The van der Waals surface area contributed by atoms with Crippen molar-refractivity contribution in [1.29, 1.82) is 0 Å².